The molecule has 0 spiro atoms. The number of hydrogen-bond acceptors (Lipinski definition) is 3. The fourth-order valence-electron chi connectivity index (χ4n) is 4.18. The third-order valence-electron chi connectivity index (χ3n) is 5.83. The molecule has 1 aliphatic carbocycles. The molecule has 5 heteroatoms. The minimum atomic E-state index is -0.753. The van der Waals surface area contributed by atoms with E-state index >= 15 is 0 Å². The number of benzene rings is 1. The maximum Gasteiger partial charge on any atom is 0.303 e. The number of aliphatic carboxylic acids is 1. The van der Waals surface area contributed by atoms with Crippen LogP contribution in [0.3, 0.4) is 0 Å². The van der Waals surface area contributed by atoms with Gasteiger partial charge in [-0.1, -0.05) is 18.6 Å². The number of hydrogen-bond donors (Lipinski definition) is 1. The van der Waals surface area contributed by atoms with Crippen molar-refractivity contribution in [1.82, 2.24) is 4.90 Å². The van der Waals surface area contributed by atoms with Gasteiger partial charge in [-0.3, -0.25) is 9.59 Å². The van der Waals surface area contributed by atoms with Crippen LogP contribution < -0.4 is 4.74 Å². The number of piperidine rings is 1. The van der Waals surface area contributed by atoms with E-state index in [9.17, 15) is 9.59 Å². The van der Waals surface area contributed by atoms with Gasteiger partial charge in [-0.15, -0.1) is 0 Å². The highest BCUT2D eigenvalue weighted by molar-refractivity contribution is 5.89. The van der Waals surface area contributed by atoms with Crippen molar-refractivity contribution in [3.63, 3.8) is 0 Å². The summed E-state index contributed by atoms with van der Waals surface area (Å²) in [5, 5.41) is 8.90. The second-order valence-electron chi connectivity index (χ2n) is 7.36. The zero-order valence-electron chi connectivity index (χ0n) is 14.9. The number of rotatable bonds is 6. The molecule has 1 amide bonds. The summed E-state index contributed by atoms with van der Waals surface area (Å²) in [5.74, 6) is 0.584. The maximum atomic E-state index is 13.3. The smallest absolute Gasteiger partial charge is 0.303 e. The Kier molecular flexibility index (Phi) is 5.30. The molecule has 1 aromatic rings. The SMILES string of the molecule is COc1ccc(C2(C(=O)N3CCCC(CCC(=O)O)C3)CCC2)cc1. The lowest BCUT2D eigenvalue weighted by atomic mass is 9.63. The van der Waals surface area contributed by atoms with E-state index in [2.05, 4.69) is 0 Å². The molecule has 0 radical (unpaired) electrons. The summed E-state index contributed by atoms with van der Waals surface area (Å²) in [6, 6.07) is 7.88. The van der Waals surface area contributed by atoms with Gasteiger partial charge < -0.3 is 14.7 Å². The number of likely N-dealkylation sites (tertiary alicyclic amines) is 1. The first kappa shape index (κ1) is 17.8. The summed E-state index contributed by atoms with van der Waals surface area (Å²) < 4.78 is 5.23. The molecule has 1 saturated heterocycles. The highest BCUT2D eigenvalue weighted by atomic mass is 16.5. The van der Waals surface area contributed by atoms with Gasteiger partial charge in [0.1, 0.15) is 5.75 Å². The largest absolute Gasteiger partial charge is 0.497 e. The molecule has 1 heterocycles. The van der Waals surface area contributed by atoms with Crippen molar-refractivity contribution in [3.8, 4) is 5.75 Å². The van der Waals surface area contributed by atoms with E-state index in [1.165, 1.54) is 0 Å². The zero-order valence-corrected chi connectivity index (χ0v) is 14.9. The molecule has 3 rings (SSSR count). The number of methoxy groups -OCH3 is 1. The van der Waals surface area contributed by atoms with Crippen molar-refractivity contribution in [1.29, 1.82) is 0 Å². The molecular formula is C20H27NO4. The highest BCUT2D eigenvalue weighted by Gasteiger charge is 2.48. The zero-order chi connectivity index (χ0) is 17.9. The molecule has 0 aromatic heterocycles. The summed E-state index contributed by atoms with van der Waals surface area (Å²) >= 11 is 0. The molecule has 136 valence electrons. The Morgan fingerprint density at radius 3 is 2.52 bits per heavy atom. The van der Waals surface area contributed by atoms with Gasteiger partial charge in [-0.05, 0) is 55.7 Å². The van der Waals surface area contributed by atoms with Crippen molar-refractivity contribution in [2.24, 2.45) is 5.92 Å². The third-order valence-corrected chi connectivity index (χ3v) is 5.83. The Balaban J connectivity index is 1.71. The van der Waals surface area contributed by atoms with Crippen LogP contribution in [0.1, 0.15) is 50.5 Å². The Morgan fingerprint density at radius 2 is 1.96 bits per heavy atom. The molecule has 1 unspecified atom stereocenters. The molecule has 2 aliphatic rings. The minimum absolute atomic E-state index is 0.191. The van der Waals surface area contributed by atoms with Crippen LogP contribution in [0.2, 0.25) is 0 Å². The quantitative estimate of drug-likeness (QED) is 0.860. The monoisotopic (exact) mass is 345 g/mol. The summed E-state index contributed by atoms with van der Waals surface area (Å²) in [4.78, 5) is 26.1. The molecule has 2 fully saturated rings. The molecule has 25 heavy (non-hydrogen) atoms. The summed E-state index contributed by atoms with van der Waals surface area (Å²) in [6.45, 7) is 1.49. The van der Waals surface area contributed by atoms with E-state index in [1.807, 2.05) is 29.2 Å². The van der Waals surface area contributed by atoms with E-state index < -0.39 is 5.97 Å². The van der Waals surface area contributed by atoms with Crippen molar-refractivity contribution >= 4 is 11.9 Å². The van der Waals surface area contributed by atoms with Gasteiger partial charge in [0.15, 0.2) is 0 Å². The van der Waals surface area contributed by atoms with Gasteiger partial charge in [0.05, 0.1) is 12.5 Å². The Labute approximate surface area is 149 Å². The number of amides is 1. The van der Waals surface area contributed by atoms with Crippen LogP contribution >= 0.6 is 0 Å². The molecule has 1 aliphatic heterocycles. The number of carboxylic acids is 1. The van der Waals surface area contributed by atoms with Crippen LogP contribution in [0.5, 0.6) is 5.75 Å². The number of carbonyl (C=O) groups is 2. The lowest BCUT2D eigenvalue weighted by Crippen LogP contribution is -2.53. The van der Waals surface area contributed by atoms with Gasteiger partial charge >= 0.3 is 5.97 Å². The summed E-state index contributed by atoms with van der Waals surface area (Å²) in [5.41, 5.74) is 0.693. The van der Waals surface area contributed by atoms with Crippen LogP contribution in [-0.2, 0) is 15.0 Å². The van der Waals surface area contributed by atoms with Crippen LogP contribution in [0.25, 0.3) is 0 Å². The average Bonchev–Trinajstić information content (AvgIpc) is 2.60. The number of nitrogens with zero attached hydrogens (tertiary/aromatic N) is 1. The predicted octanol–water partition coefficient (Wildman–Crippen LogP) is 3.22. The standard InChI is InChI=1S/C20H27NO4/c1-25-17-8-6-16(7-9-17)20(11-3-12-20)19(24)21-13-2-4-15(14-21)5-10-18(22)23/h6-9,15H,2-5,10-14H2,1H3,(H,22,23). The second kappa shape index (κ2) is 7.46. The summed E-state index contributed by atoms with van der Waals surface area (Å²) in [6.07, 6.45) is 5.71. The van der Waals surface area contributed by atoms with Crippen molar-refractivity contribution < 1.29 is 19.4 Å². The molecule has 5 nitrogen and oxygen atoms in total. The minimum Gasteiger partial charge on any atom is -0.497 e. The number of carboxylic acid groups (broad SMARTS) is 1. The fourth-order valence-corrected chi connectivity index (χ4v) is 4.18. The Morgan fingerprint density at radius 1 is 1.24 bits per heavy atom. The molecule has 1 saturated carbocycles. The first-order valence-corrected chi connectivity index (χ1v) is 9.21. The van der Waals surface area contributed by atoms with Crippen LogP contribution in [-0.4, -0.2) is 42.1 Å². The molecular weight excluding hydrogens is 318 g/mol. The van der Waals surface area contributed by atoms with Crippen LogP contribution in [0.4, 0.5) is 0 Å². The maximum absolute atomic E-state index is 13.3. The second-order valence-corrected chi connectivity index (χ2v) is 7.36. The lowest BCUT2D eigenvalue weighted by molar-refractivity contribution is -0.143. The van der Waals surface area contributed by atoms with E-state index in [-0.39, 0.29) is 17.7 Å². The molecule has 1 atom stereocenters. The fraction of sp³-hybridized carbons (Fsp3) is 0.600. The first-order valence-electron chi connectivity index (χ1n) is 9.21. The van der Waals surface area contributed by atoms with Gasteiger partial charge in [0, 0.05) is 19.5 Å². The molecule has 1 N–H and O–H groups in total. The van der Waals surface area contributed by atoms with E-state index in [0.29, 0.717) is 18.9 Å². The first-order chi connectivity index (χ1) is 12.0. The average molecular weight is 345 g/mol. The lowest BCUT2D eigenvalue weighted by Gasteiger charge is -2.46. The topological polar surface area (TPSA) is 66.8 Å². The third kappa shape index (κ3) is 3.65. The van der Waals surface area contributed by atoms with Crippen molar-refractivity contribution in [2.45, 2.75) is 50.4 Å². The van der Waals surface area contributed by atoms with Gasteiger partial charge in [-0.2, -0.15) is 0 Å². The van der Waals surface area contributed by atoms with Crippen LogP contribution in [0, 0.1) is 5.92 Å². The molecule has 0 bridgehead atoms. The number of ether oxygens (including phenoxy) is 1. The number of carbonyl (C=O) groups excluding carboxylic acids is 1. The summed E-state index contributed by atoms with van der Waals surface area (Å²) in [7, 11) is 1.64. The van der Waals surface area contributed by atoms with Crippen LogP contribution in [0.15, 0.2) is 24.3 Å². The van der Waals surface area contributed by atoms with Gasteiger partial charge in [-0.25, -0.2) is 0 Å². The van der Waals surface area contributed by atoms with E-state index in [4.69, 9.17) is 9.84 Å². The van der Waals surface area contributed by atoms with Crippen molar-refractivity contribution in [3.05, 3.63) is 29.8 Å². The van der Waals surface area contributed by atoms with Gasteiger partial charge in [0.2, 0.25) is 5.91 Å². The van der Waals surface area contributed by atoms with Gasteiger partial charge in [0.25, 0.3) is 0 Å². The molecule has 1 aromatic carbocycles. The van der Waals surface area contributed by atoms with E-state index in [1.54, 1.807) is 7.11 Å². The Bertz CT molecular complexity index is 621. The Hall–Kier alpha value is -2.04. The highest BCUT2D eigenvalue weighted by Crippen LogP contribution is 2.46. The van der Waals surface area contributed by atoms with Crippen molar-refractivity contribution in [2.75, 3.05) is 20.2 Å². The normalized spacial score (nSPS) is 22.1. The van der Waals surface area contributed by atoms with E-state index in [0.717, 1.165) is 50.0 Å². The predicted molar refractivity (Wildman–Crippen MR) is 94.7 cm³/mol.